The second-order valence-electron chi connectivity index (χ2n) is 4.32. The maximum Gasteiger partial charge on any atom is 0.267 e. The number of carbonyl (C=O) groups excluding carboxylic acids is 1. The number of hydrogen-bond donors (Lipinski definition) is 0. The molecule has 0 saturated carbocycles. The van der Waals surface area contributed by atoms with Crippen molar-refractivity contribution < 1.29 is 9.63 Å². The van der Waals surface area contributed by atoms with E-state index in [1.54, 1.807) is 13.3 Å². The summed E-state index contributed by atoms with van der Waals surface area (Å²) >= 11 is 3.41. The van der Waals surface area contributed by atoms with E-state index in [4.69, 9.17) is 4.84 Å². The van der Waals surface area contributed by atoms with Gasteiger partial charge in [0.05, 0.1) is 6.21 Å². The Morgan fingerprint density at radius 2 is 1.86 bits per heavy atom. The van der Waals surface area contributed by atoms with Gasteiger partial charge in [-0.1, -0.05) is 57.5 Å². The quantitative estimate of drug-likeness (QED) is 0.614. The van der Waals surface area contributed by atoms with E-state index in [9.17, 15) is 4.79 Å². The molecule has 0 unspecified atom stereocenters. The first-order chi connectivity index (χ1) is 10.2. The molecule has 0 heterocycles. The molecule has 0 fully saturated rings. The van der Waals surface area contributed by atoms with Crippen LogP contribution in [0.4, 0.5) is 5.69 Å². The van der Waals surface area contributed by atoms with E-state index in [-0.39, 0.29) is 12.5 Å². The van der Waals surface area contributed by atoms with Crippen molar-refractivity contribution in [1.29, 1.82) is 0 Å². The zero-order valence-electron chi connectivity index (χ0n) is 11.6. The molecule has 108 valence electrons. The molecule has 4 nitrogen and oxygen atoms in total. The monoisotopic (exact) mass is 346 g/mol. The van der Waals surface area contributed by atoms with Gasteiger partial charge in [0, 0.05) is 22.8 Å². The lowest BCUT2D eigenvalue weighted by Crippen LogP contribution is -2.29. The van der Waals surface area contributed by atoms with Crippen LogP contribution in [-0.2, 0) is 9.63 Å². The molecular weight excluding hydrogens is 332 g/mol. The number of halogens is 1. The average Bonchev–Trinajstić information content (AvgIpc) is 2.53. The highest BCUT2D eigenvalue weighted by Gasteiger charge is 2.10. The smallest absolute Gasteiger partial charge is 0.267 e. The minimum absolute atomic E-state index is 0.105. The lowest BCUT2D eigenvalue weighted by molar-refractivity contribution is -0.122. The lowest BCUT2D eigenvalue weighted by Gasteiger charge is -2.16. The van der Waals surface area contributed by atoms with E-state index in [1.807, 2.05) is 54.6 Å². The zero-order chi connectivity index (χ0) is 15.1. The molecule has 0 spiro atoms. The second-order valence-corrected chi connectivity index (χ2v) is 5.17. The fourth-order valence-electron chi connectivity index (χ4n) is 1.66. The molecule has 1 amide bonds. The number of benzene rings is 2. The van der Waals surface area contributed by atoms with Gasteiger partial charge in [0.25, 0.3) is 5.91 Å². The highest BCUT2D eigenvalue weighted by atomic mass is 79.9. The fourth-order valence-corrected chi connectivity index (χ4v) is 2.05. The van der Waals surface area contributed by atoms with Crippen molar-refractivity contribution in [2.24, 2.45) is 5.16 Å². The third kappa shape index (κ3) is 4.43. The normalized spacial score (nSPS) is 10.6. The van der Waals surface area contributed by atoms with Crippen LogP contribution in [0.25, 0.3) is 0 Å². The Morgan fingerprint density at radius 3 is 2.57 bits per heavy atom. The molecule has 2 aromatic rings. The lowest BCUT2D eigenvalue weighted by atomic mass is 10.2. The first-order valence-corrected chi connectivity index (χ1v) is 7.19. The molecule has 0 atom stereocenters. The van der Waals surface area contributed by atoms with E-state index in [0.29, 0.717) is 0 Å². The van der Waals surface area contributed by atoms with Gasteiger partial charge < -0.3 is 9.74 Å². The van der Waals surface area contributed by atoms with E-state index in [0.717, 1.165) is 15.7 Å². The summed E-state index contributed by atoms with van der Waals surface area (Å²) < 4.78 is 0.921. The first kappa shape index (κ1) is 15.3. The number of amides is 1. The van der Waals surface area contributed by atoms with Gasteiger partial charge in [-0.05, 0) is 18.2 Å². The fraction of sp³-hybridized carbons (Fsp3) is 0.125. The van der Waals surface area contributed by atoms with Crippen molar-refractivity contribution in [3.05, 3.63) is 64.6 Å². The van der Waals surface area contributed by atoms with Crippen LogP contribution in [0.5, 0.6) is 0 Å². The van der Waals surface area contributed by atoms with Crippen molar-refractivity contribution >= 4 is 33.7 Å². The molecule has 0 aliphatic carbocycles. The number of carbonyl (C=O) groups is 1. The summed E-state index contributed by atoms with van der Waals surface area (Å²) in [5.74, 6) is -0.162. The Hall–Kier alpha value is -2.14. The van der Waals surface area contributed by atoms with Crippen molar-refractivity contribution in [2.75, 3.05) is 18.6 Å². The molecule has 21 heavy (non-hydrogen) atoms. The van der Waals surface area contributed by atoms with Crippen LogP contribution in [0.3, 0.4) is 0 Å². The van der Waals surface area contributed by atoms with E-state index >= 15 is 0 Å². The van der Waals surface area contributed by atoms with Crippen LogP contribution in [0, 0.1) is 0 Å². The van der Waals surface area contributed by atoms with Gasteiger partial charge in [-0.2, -0.15) is 0 Å². The maximum absolute atomic E-state index is 11.9. The molecular formula is C16H15BrN2O2. The van der Waals surface area contributed by atoms with Gasteiger partial charge in [0.1, 0.15) is 0 Å². The van der Waals surface area contributed by atoms with Gasteiger partial charge in [0.2, 0.25) is 0 Å². The molecule has 0 saturated heterocycles. The van der Waals surface area contributed by atoms with Crippen molar-refractivity contribution in [3.8, 4) is 0 Å². The summed E-state index contributed by atoms with van der Waals surface area (Å²) in [5, 5.41) is 3.82. The van der Waals surface area contributed by atoms with Crippen LogP contribution in [-0.4, -0.2) is 25.8 Å². The van der Waals surface area contributed by atoms with E-state index in [1.165, 1.54) is 4.90 Å². The number of rotatable bonds is 5. The van der Waals surface area contributed by atoms with Crippen LogP contribution in [0.15, 0.2) is 64.2 Å². The summed E-state index contributed by atoms with van der Waals surface area (Å²) in [7, 11) is 1.71. The van der Waals surface area contributed by atoms with E-state index in [2.05, 4.69) is 21.1 Å². The number of likely N-dealkylation sites (N-methyl/N-ethyl adjacent to an activating group) is 1. The third-order valence-electron chi connectivity index (χ3n) is 2.88. The highest BCUT2D eigenvalue weighted by molar-refractivity contribution is 9.10. The molecule has 0 aliphatic heterocycles. The average molecular weight is 347 g/mol. The van der Waals surface area contributed by atoms with Gasteiger partial charge in [-0.3, -0.25) is 4.79 Å². The standard InChI is InChI=1S/C16H15BrN2O2/c1-19(14-8-3-2-4-9-14)16(20)12-21-18-11-13-7-5-6-10-15(13)17/h2-11H,12H2,1H3/b18-11-. The van der Waals surface area contributed by atoms with Gasteiger partial charge in [-0.25, -0.2) is 0 Å². The molecule has 0 radical (unpaired) electrons. The third-order valence-corrected chi connectivity index (χ3v) is 3.60. The number of oxime groups is 1. The molecule has 0 aliphatic rings. The SMILES string of the molecule is CN(C(=O)CO/N=C\c1ccccc1Br)c1ccccc1. The van der Waals surface area contributed by atoms with Crippen LogP contribution in [0.1, 0.15) is 5.56 Å². The minimum Gasteiger partial charge on any atom is -0.386 e. The first-order valence-electron chi connectivity index (χ1n) is 6.40. The Kier molecular flexibility index (Phi) is 5.51. The Bertz CT molecular complexity index is 629. The summed E-state index contributed by atoms with van der Waals surface area (Å²) in [6.45, 7) is -0.105. The summed E-state index contributed by atoms with van der Waals surface area (Å²) in [6, 6.07) is 17.0. The van der Waals surface area contributed by atoms with Crippen molar-refractivity contribution in [1.82, 2.24) is 0 Å². The zero-order valence-corrected chi connectivity index (χ0v) is 13.2. The van der Waals surface area contributed by atoms with Crippen molar-refractivity contribution in [3.63, 3.8) is 0 Å². The van der Waals surface area contributed by atoms with E-state index < -0.39 is 0 Å². The topological polar surface area (TPSA) is 41.9 Å². The van der Waals surface area contributed by atoms with Crippen LogP contribution >= 0.6 is 15.9 Å². The van der Waals surface area contributed by atoms with Gasteiger partial charge in [-0.15, -0.1) is 0 Å². The van der Waals surface area contributed by atoms with Crippen molar-refractivity contribution in [2.45, 2.75) is 0 Å². The predicted octanol–water partition coefficient (Wildman–Crippen LogP) is 3.46. The summed E-state index contributed by atoms with van der Waals surface area (Å²) in [4.78, 5) is 18.5. The molecule has 0 N–H and O–H groups in total. The number of nitrogens with zero attached hydrogens (tertiary/aromatic N) is 2. The largest absolute Gasteiger partial charge is 0.386 e. The summed E-state index contributed by atoms with van der Waals surface area (Å²) in [5.41, 5.74) is 1.71. The number of hydrogen-bond acceptors (Lipinski definition) is 3. The predicted molar refractivity (Wildman–Crippen MR) is 87.5 cm³/mol. The molecule has 5 heteroatoms. The summed E-state index contributed by atoms with van der Waals surface area (Å²) in [6.07, 6.45) is 1.57. The second kappa shape index (κ2) is 7.59. The van der Waals surface area contributed by atoms with Gasteiger partial charge >= 0.3 is 0 Å². The number of anilines is 1. The van der Waals surface area contributed by atoms with Gasteiger partial charge in [0.15, 0.2) is 6.61 Å². The Labute approximate surface area is 132 Å². The molecule has 2 rings (SSSR count). The van der Waals surface area contributed by atoms with Crippen LogP contribution < -0.4 is 4.90 Å². The minimum atomic E-state index is -0.162. The molecule has 2 aromatic carbocycles. The molecule has 0 bridgehead atoms. The molecule has 0 aromatic heterocycles. The highest BCUT2D eigenvalue weighted by Crippen LogP contribution is 2.13. The Morgan fingerprint density at radius 1 is 1.19 bits per heavy atom. The maximum atomic E-state index is 11.9. The van der Waals surface area contributed by atoms with Crippen LogP contribution in [0.2, 0.25) is 0 Å². The number of para-hydroxylation sites is 1. The Balaban J connectivity index is 1.86.